The van der Waals surface area contributed by atoms with Gasteiger partial charge in [-0.25, -0.2) is 0 Å². The maximum absolute atomic E-state index is 12.7. The highest BCUT2D eigenvalue weighted by Crippen LogP contribution is 2.19. The zero-order chi connectivity index (χ0) is 23.2. The molecule has 1 rings (SSSR count). The Morgan fingerprint density at radius 3 is 2.32 bits per heavy atom. The number of aliphatic hydroxyl groups excluding tert-OH is 1. The summed E-state index contributed by atoms with van der Waals surface area (Å²) in [6.07, 6.45) is 9.72. The zero-order valence-electron chi connectivity index (χ0n) is 19.6. The topological polar surface area (TPSA) is 134 Å². The van der Waals surface area contributed by atoms with Crippen LogP contribution in [0.5, 0.6) is 0 Å². The molecule has 1 aliphatic rings. The molecule has 2 amide bonds. The summed E-state index contributed by atoms with van der Waals surface area (Å²) in [5, 5.41) is 18.8. The predicted molar refractivity (Wildman–Crippen MR) is 122 cm³/mol. The molecule has 0 aromatic heterocycles. The van der Waals surface area contributed by atoms with Gasteiger partial charge in [0.1, 0.15) is 6.04 Å². The molecule has 8 heteroatoms. The number of hydrogen-bond acceptors (Lipinski definition) is 6. The molecule has 2 unspecified atom stereocenters. The number of carbonyl (C=O) groups excluding carboxylic acids is 3. The summed E-state index contributed by atoms with van der Waals surface area (Å²) in [6.45, 7) is 5.88. The average Bonchev–Trinajstić information content (AvgIpc) is 2.74. The highest BCUT2D eigenvalue weighted by atomic mass is 16.3. The van der Waals surface area contributed by atoms with E-state index >= 15 is 0 Å². The lowest BCUT2D eigenvalue weighted by Crippen LogP contribution is -2.57. The molecule has 8 nitrogen and oxygen atoms in total. The molecule has 0 aromatic rings. The van der Waals surface area contributed by atoms with E-state index < -0.39 is 24.1 Å². The largest absolute Gasteiger partial charge is 0.391 e. The minimum Gasteiger partial charge on any atom is -0.391 e. The van der Waals surface area contributed by atoms with Crippen molar-refractivity contribution < 1.29 is 19.5 Å². The number of hydrogen-bond donors (Lipinski definition) is 5. The molecule has 1 saturated heterocycles. The predicted octanol–water partition coefficient (Wildman–Crippen LogP) is 1.39. The minimum absolute atomic E-state index is 0.206. The van der Waals surface area contributed by atoms with Gasteiger partial charge in [-0.3, -0.25) is 14.4 Å². The maximum Gasteiger partial charge on any atom is 0.245 e. The SMILES string of the molecule is CCCCCCCCC1CCC(C(=O)N[C@H](C(=O)N[C@@H](CCN)C(C)=O)[C@H](C)O)CN1. The molecular formula is C23H44N4O4. The van der Waals surface area contributed by atoms with Crippen molar-refractivity contribution in [2.75, 3.05) is 13.1 Å². The first-order chi connectivity index (χ1) is 14.8. The van der Waals surface area contributed by atoms with Crippen molar-refractivity contribution in [3.8, 4) is 0 Å². The molecule has 0 bridgehead atoms. The summed E-state index contributed by atoms with van der Waals surface area (Å²) < 4.78 is 0. The molecule has 180 valence electrons. The number of Topliss-reactive ketones (excluding diaryl/α,β-unsaturated/α-hetero) is 1. The molecule has 1 heterocycles. The van der Waals surface area contributed by atoms with Gasteiger partial charge >= 0.3 is 0 Å². The number of nitrogens with two attached hydrogens (primary N) is 1. The van der Waals surface area contributed by atoms with Crippen LogP contribution in [0, 0.1) is 5.92 Å². The Kier molecular flexibility index (Phi) is 13.6. The van der Waals surface area contributed by atoms with E-state index in [4.69, 9.17) is 5.73 Å². The number of unbranched alkanes of at least 4 members (excludes halogenated alkanes) is 5. The van der Waals surface area contributed by atoms with Crippen LogP contribution in [0.25, 0.3) is 0 Å². The first-order valence-corrected chi connectivity index (χ1v) is 12.0. The Hall–Kier alpha value is -1.51. The van der Waals surface area contributed by atoms with Gasteiger partial charge in [0.15, 0.2) is 5.78 Å². The van der Waals surface area contributed by atoms with Gasteiger partial charge in [0, 0.05) is 12.6 Å². The molecule has 0 aromatic carbocycles. The first-order valence-electron chi connectivity index (χ1n) is 12.0. The second-order valence-electron chi connectivity index (χ2n) is 8.91. The molecule has 1 fully saturated rings. The highest BCUT2D eigenvalue weighted by Gasteiger charge is 2.32. The van der Waals surface area contributed by atoms with Crippen LogP contribution in [0.3, 0.4) is 0 Å². The van der Waals surface area contributed by atoms with Gasteiger partial charge in [-0.1, -0.05) is 45.4 Å². The van der Waals surface area contributed by atoms with E-state index in [0.29, 0.717) is 19.0 Å². The standard InChI is InChI=1S/C23H44N4O4/c1-4-5-6-7-8-9-10-19-12-11-18(15-25-19)22(30)27-21(17(3)29)23(31)26-20(13-14-24)16(2)28/h17-21,25,29H,4-15,24H2,1-3H3,(H,26,31)(H,27,30)/t17-,18?,19?,20-,21-/m0/s1. The summed E-state index contributed by atoms with van der Waals surface area (Å²) in [5.74, 6) is -1.25. The van der Waals surface area contributed by atoms with Gasteiger partial charge < -0.3 is 26.8 Å². The monoisotopic (exact) mass is 440 g/mol. The van der Waals surface area contributed by atoms with Crippen LogP contribution in [0.2, 0.25) is 0 Å². The van der Waals surface area contributed by atoms with Crippen LogP contribution >= 0.6 is 0 Å². The van der Waals surface area contributed by atoms with Crippen LogP contribution in [0.1, 0.15) is 85.0 Å². The molecule has 0 aliphatic carbocycles. The van der Waals surface area contributed by atoms with Crippen molar-refractivity contribution in [3.05, 3.63) is 0 Å². The number of nitrogens with one attached hydrogen (secondary N) is 3. The molecule has 0 radical (unpaired) electrons. The Labute approximate surface area is 187 Å². The Morgan fingerprint density at radius 2 is 1.77 bits per heavy atom. The number of carbonyl (C=O) groups is 3. The third-order valence-corrected chi connectivity index (χ3v) is 6.12. The minimum atomic E-state index is -1.10. The third kappa shape index (κ3) is 10.6. The fourth-order valence-corrected chi connectivity index (χ4v) is 4.04. The number of piperidine rings is 1. The van der Waals surface area contributed by atoms with Crippen LogP contribution in [-0.4, -0.2) is 60.0 Å². The van der Waals surface area contributed by atoms with Crippen molar-refractivity contribution in [2.24, 2.45) is 11.7 Å². The average molecular weight is 441 g/mol. The van der Waals surface area contributed by atoms with Crippen molar-refractivity contribution in [1.29, 1.82) is 0 Å². The van der Waals surface area contributed by atoms with Gasteiger partial charge in [-0.05, 0) is 46.1 Å². The van der Waals surface area contributed by atoms with Gasteiger partial charge in [0.05, 0.1) is 18.1 Å². The molecule has 0 saturated carbocycles. The second kappa shape index (κ2) is 15.3. The molecule has 31 heavy (non-hydrogen) atoms. The van der Waals surface area contributed by atoms with Crippen LogP contribution in [0.15, 0.2) is 0 Å². The first kappa shape index (κ1) is 27.5. The fraction of sp³-hybridized carbons (Fsp3) is 0.870. The number of amides is 2. The van der Waals surface area contributed by atoms with Crippen molar-refractivity contribution in [1.82, 2.24) is 16.0 Å². The quantitative estimate of drug-likeness (QED) is 0.244. The highest BCUT2D eigenvalue weighted by molar-refractivity contribution is 5.92. The van der Waals surface area contributed by atoms with Gasteiger partial charge in [-0.15, -0.1) is 0 Å². The van der Waals surface area contributed by atoms with Crippen molar-refractivity contribution >= 4 is 17.6 Å². The van der Waals surface area contributed by atoms with E-state index in [1.807, 2.05) is 0 Å². The molecule has 5 atom stereocenters. The van der Waals surface area contributed by atoms with E-state index in [9.17, 15) is 19.5 Å². The van der Waals surface area contributed by atoms with E-state index in [0.717, 1.165) is 19.3 Å². The third-order valence-electron chi connectivity index (χ3n) is 6.12. The molecule has 1 aliphatic heterocycles. The Balaban J connectivity index is 2.44. The van der Waals surface area contributed by atoms with E-state index in [-0.39, 0.29) is 24.2 Å². The van der Waals surface area contributed by atoms with Crippen LogP contribution < -0.4 is 21.7 Å². The zero-order valence-corrected chi connectivity index (χ0v) is 19.6. The van der Waals surface area contributed by atoms with Crippen LogP contribution in [0.4, 0.5) is 0 Å². The van der Waals surface area contributed by atoms with Crippen LogP contribution in [-0.2, 0) is 14.4 Å². The van der Waals surface area contributed by atoms with Gasteiger partial charge in [-0.2, -0.15) is 0 Å². The van der Waals surface area contributed by atoms with Crippen molar-refractivity contribution in [3.63, 3.8) is 0 Å². The lowest BCUT2D eigenvalue weighted by molar-refractivity contribution is -0.135. The Morgan fingerprint density at radius 1 is 1.10 bits per heavy atom. The van der Waals surface area contributed by atoms with Gasteiger partial charge in [0.2, 0.25) is 11.8 Å². The van der Waals surface area contributed by atoms with E-state index in [1.165, 1.54) is 52.4 Å². The van der Waals surface area contributed by atoms with E-state index in [1.54, 1.807) is 0 Å². The molecular weight excluding hydrogens is 396 g/mol. The number of rotatable bonds is 15. The summed E-state index contributed by atoms with van der Waals surface area (Å²) in [4.78, 5) is 36.9. The summed E-state index contributed by atoms with van der Waals surface area (Å²) in [6, 6.07) is -1.37. The maximum atomic E-state index is 12.7. The van der Waals surface area contributed by atoms with Gasteiger partial charge in [0.25, 0.3) is 0 Å². The summed E-state index contributed by atoms with van der Waals surface area (Å²) in [5.41, 5.74) is 5.50. The smallest absolute Gasteiger partial charge is 0.245 e. The summed E-state index contributed by atoms with van der Waals surface area (Å²) in [7, 11) is 0. The lowest BCUT2D eigenvalue weighted by atomic mass is 9.91. The number of aliphatic hydroxyl groups is 1. The van der Waals surface area contributed by atoms with E-state index in [2.05, 4.69) is 22.9 Å². The lowest BCUT2D eigenvalue weighted by Gasteiger charge is -2.31. The van der Waals surface area contributed by atoms with Crippen molar-refractivity contribution in [2.45, 2.75) is 109 Å². The fourth-order valence-electron chi connectivity index (χ4n) is 4.04. The molecule has 6 N–H and O–H groups in total. The summed E-state index contributed by atoms with van der Waals surface area (Å²) >= 11 is 0. The normalized spacial score (nSPS) is 21.7. The Bertz CT molecular complexity index is 548. The second-order valence-corrected chi connectivity index (χ2v) is 8.91. The number of ketones is 1. The molecule has 0 spiro atoms.